The third-order valence-electron chi connectivity index (χ3n) is 3.15. The second-order valence-corrected chi connectivity index (χ2v) is 6.35. The molecule has 1 N–H and O–H groups in total. The van der Waals surface area contributed by atoms with Crippen molar-refractivity contribution in [1.29, 1.82) is 5.26 Å². The standard InChI is InChI=1S/C12H14N4O4S/c1-20-12(17)15-9-4-6-16(8-9)21(18,19)11-3-2-5-14-10(11)7-13/h2-3,5,9H,4,6,8H2,1H3,(H,15,17). The highest BCUT2D eigenvalue weighted by Crippen LogP contribution is 2.22. The molecule has 8 nitrogen and oxygen atoms in total. The summed E-state index contributed by atoms with van der Waals surface area (Å²) in [6.45, 7) is 0.397. The van der Waals surface area contributed by atoms with E-state index in [1.165, 1.54) is 29.7 Å². The van der Waals surface area contributed by atoms with E-state index in [0.717, 1.165) is 0 Å². The summed E-state index contributed by atoms with van der Waals surface area (Å²) in [5, 5.41) is 11.5. The smallest absolute Gasteiger partial charge is 0.407 e. The molecule has 1 saturated heterocycles. The van der Waals surface area contributed by atoms with Gasteiger partial charge in [-0.1, -0.05) is 0 Å². The van der Waals surface area contributed by atoms with Crippen molar-refractivity contribution >= 4 is 16.1 Å². The van der Waals surface area contributed by atoms with Crippen molar-refractivity contribution in [2.75, 3.05) is 20.2 Å². The highest BCUT2D eigenvalue weighted by molar-refractivity contribution is 7.89. The number of nitrogens with one attached hydrogen (secondary N) is 1. The van der Waals surface area contributed by atoms with Crippen LogP contribution in [0.2, 0.25) is 0 Å². The van der Waals surface area contributed by atoms with Crippen LogP contribution in [0.1, 0.15) is 12.1 Å². The average molecular weight is 310 g/mol. The fourth-order valence-corrected chi connectivity index (χ4v) is 3.71. The molecule has 9 heteroatoms. The molecule has 2 rings (SSSR count). The molecule has 21 heavy (non-hydrogen) atoms. The first-order valence-corrected chi connectivity index (χ1v) is 7.62. The normalized spacial score (nSPS) is 19.0. The molecule has 1 aromatic rings. The van der Waals surface area contributed by atoms with Gasteiger partial charge >= 0.3 is 6.09 Å². The van der Waals surface area contributed by atoms with E-state index in [1.807, 2.05) is 0 Å². The van der Waals surface area contributed by atoms with Gasteiger partial charge in [0.05, 0.1) is 7.11 Å². The van der Waals surface area contributed by atoms with Gasteiger partial charge < -0.3 is 10.1 Å². The first-order chi connectivity index (χ1) is 9.98. The Morgan fingerprint density at radius 1 is 1.62 bits per heavy atom. The molecule has 1 aromatic heterocycles. The minimum atomic E-state index is -3.80. The number of alkyl carbamates (subject to hydrolysis) is 1. The van der Waals surface area contributed by atoms with Crippen molar-refractivity contribution in [2.45, 2.75) is 17.4 Å². The van der Waals surface area contributed by atoms with Crippen LogP contribution in [0.15, 0.2) is 23.2 Å². The number of hydrogen-bond donors (Lipinski definition) is 1. The molecular weight excluding hydrogens is 296 g/mol. The molecule has 0 aliphatic carbocycles. The predicted octanol–water partition coefficient (Wildman–Crippen LogP) is 0.0723. The average Bonchev–Trinajstić information content (AvgIpc) is 2.96. The van der Waals surface area contributed by atoms with Gasteiger partial charge in [-0.15, -0.1) is 0 Å². The molecule has 1 aliphatic rings. The Morgan fingerprint density at radius 3 is 3.05 bits per heavy atom. The number of methoxy groups -OCH3 is 1. The van der Waals surface area contributed by atoms with Crippen molar-refractivity contribution < 1.29 is 17.9 Å². The van der Waals surface area contributed by atoms with Crippen molar-refractivity contribution in [3.05, 3.63) is 24.0 Å². The number of carbonyl (C=O) groups is 1. The Kier molecular flexibility index (Phi) is 4.40. The minimum Gasteiger partial charge on any atom is -0.453 e. The van der Waals surface area contributed by atoms with Gasteiger partial charge in [0.15, 0.2) is 5.69 Å². The highest BCUT2D eigenvalue weighted by Gasteiger charge is 2.34. The first-order valence-electron chi connectivity index (χ1n) is 6.18. The number of rotatable bonds is 3. The van der Waals surface area contributed by atoms with Gasteiger partial charge in [-0.25, -0.2) is 18.2 Å². The van der Waals surface area contributed by atoms with Crippen molar-refractivity contribution in [1.82, 2.24) is 14.6 Å². The third kappa shape index (κ3) is 3.12. The molecular formula is C12H14N4O4S. The Balaban J connectivity index is 2.19. The summed E-state index contributed by atoms with van der Waals surface area (Å²) in [4.78, 5) is 14.8. The summed E-state index contributed by atoms with van der Waals surface area (Å²) in [5.41, 5.74) is -0.137. The van der Waals surface area contributed by atoms with E-state index >= 15 is 0 Å². The number of ether oxygens (including phenoxy) is 1. The summed E-state index contributed by atoms with van der Waals surface area (Å²) >= 11 is 0. The van der Waals surface area contributed by atoms with E-state index in [1.54, 1.807) is 6.07 Å². The first kappa shape index (κ1) is 15.2. The lowest BCUT2D eigenvalue weighted by molar-refractivity contribution is 0.167. The molecule has 1 fully saturated rings. The number of sulfonamides is 1. The monoisotopic (exact) mass is 310 g/mol. The largest absolute Gasteiger partial charge is 0.453 e. The molecule has 0 spiro atoms. The van der Waals surface area contributed by atoms with Gasteiger partial charge in [0, 0.05) is 25.3 Å². The molecule has 1 amide bonds. The van der Waals surface area contributed by atoms with E-state index in [9.17, 15) is 13.2 Å². The van der Waals surface area contributed by atoms with Crippen molar-refractivity contribution in [3.63, 3.8) is 0 Å². The summed E-state index contributed by atoms with van der Waals surface area (Å²) in [5.74, 6) is 0. The Hall–Kier alpha value is -2.18. The lowest BCUT2D eigenvalue weighted by atomic mass is 10.3. The van der Waals surface area contributed by atoms with Crippen LogP contribution in [0.4, 0.5) is 4.79 Å². The molecule has 1 unspecified atom stereocenters. The zero-order chi connectivity index (χ0) is 15.5. The number of pyridine rings is 1. The maximum Gasteiger partial charge on any atom is 0.407 e. The molecule has 0 bridgehead atoms. The zero-order valence-corrected chi connectivity index (χ0v) is 12.1. The van der Waals surface area contributed by atoms with Gasteiger partial charge in [-0.3, -0.25) is 0 Å². The van der Waals surface area contributed by atoms with Crippen LogP contribution in [0.5, 0.6) is 0 Å². The molecule has 0 aromatic carbocycles. The molecule has 112 valence electrons. The van der Waals surface area contributed by atoms with Crippen molar-refractivity contribution in [3.8, 4) is 6.07 Å². The quantitative estimate of drug-likeness (QED) is 0.845. The van der Waals surface area contributed by atoms with E-state index < -0.39 is 16.1 Å². The highest BCUT2D eigenvalue weighted by atomic mass is 32.2. The summed E-state index contributed by atoms with van der Waals surface area (Å²) in [7, 11) is -2.56. The Morgan fingerprint density at radius 2 is 2.38 bits per heavy atom. The number of carbonyl (C=O) groups excluding carboxylic acids is 1. The molecule has 2 heterocycles. The topological polar surface area (TPSA) is 112 Å². The van der Waals surface area contributed by atoms with Crippen LogP contribution < -0.4 is 5.32 Å². The second-order valence-electron chi connectivity index (χ2n) is 4.45. The van der Waals surface area contributed by atoms with Crippen LogP contribution in [-0.2, 0) is 14.8 Å². The maximum absolute atomic E-state index is 12.5. The number of hydrogen-bond acceptors (Lipinski definition) is 6. The van der Waals surface area contributed by atoms with Gasteiger partial charge in [0.25, 0.3) is 0 Å². The van der Waals surface area contributed by atoms with Gasteiger partial charge in [-0.05, 0) is 18.6 Å². The van der Waals surface area contributed by atoms with Crippen LogP contribution in [-0.4, -0.2) is 50.0 Å². The minimum absolute atomic E-state index is 0.119. The molecule has 1 aliphatic heterocycles. The lowest BCUT2D eigenvalue weighted by Gasteiger charge is -2.17. The third-order valence-corrected chi connectivity index (χ3v) is 5.05. The number of aromatic nitrogens is 1. The second kappa shape index (κ2) is 6.07. The summed E-state index contributed by atoms with van der Waals surface area (Å²) in [6.07, 6.45) is 1.25. The fraction of sp³-hybridized carbons (Fsp3) is 0.417. The van der Waals surface area contributed by atoms with E-state index in [2.05, 4.69) is 15.0 Å². The van der Waals surface area contributed by atoms with Crippen LogP contribution >= 0.6 is 0 Å². The number of amides is 1. The fourth-order valence-electron chi connectivity index (χ4n) is 2.11. The van der Waals surface area contributed by atoms with Crippen LogP contribution in [0, 0.1) is 11.3 Å². The molecule has 0 saturated carbocycles. The van der Waals surface area contributed by atoms with Crippen LogP contribution in [0.3, 0.4) is 0 Å². The Labute approximate surface area is 122 Å². The lowest BCUT2D eigenvalue weighted by Crippen LogP contribution is -2.38. The van der Waals surface area contributed by atoms with Crippen molar-refractivity contribution in [2.24, 2.45) is 0 Å². The zero-order valence-electron chi connectivity index (χ0n) is 11.3. The van der Waals surface area contributed by atoms with Gasteiger partial charge in [0.1, 0.15) is 11.0 Å². The van der Waals surface area contributed by atoms with E-state index in [4.69, 9.17) is 5.26 Å². The Bertz CT molecular complexity index is 683. The van der Waals surface area contributed by atoms with Crippen LogP contribution in [0.25, 0.3) is 0 Å². The molecule has 0 radical (unpaired) electrons. The maximum atomic E-state index is 12.5. The summed E-state index contributed by atoms with van der Waals surface area (Å²) in [6, 6.07) is 4.28. The summed E-state index contributed by atoms with van der Waals surface area (Å²) < 4.78 is 30.7. The number of nitrogens with zero attached hydrogens (tertiary/aromatic N) is 3. The number of nitriles is 1. The van der Waals surface area contributed by atoms with E-state index in [0.29, 0.717) is 6.42 Å². The molecule has 1 atom stereocenters. The van der Waals surface area contributed by atoms with E-state index in [-0.39, 0.29) is 29.7 Å². The van der Waals surface area contributed by atoms with Gasteiger partial charge in [-0.2, -0.15) is 9.57 Å². The SMILES string of the molecule is COC(=O)NC1CCN(S(=O)(=O)c2cccnc2C#N)C1. The predicted molar refractivity (Wildman–Crippen MR) is 71.7 cm³/mol. The van der Waals surface area contributed by atoms with Gasteiger partial charge in [0.2, 0.25) is 10.0 Å².